The maximum Gasteiger partial charge on any atom is 0.264 e. The molecule has 2 amide bonds. The Morgan fingerprint density at radius 3 is 2.17 bits per heavy atom. The van der Waals surface area contributed by atoms with Gasteiger partial charge in [-0.15, -0.1) is 0 Å². The van der Waals surface area contributed by atoms with Gasteiger partial charge in [-0.05, 0) is 43.3 Å². The molecule has 0 N–H and O–H groups in total. The van der Waals surface area contributed by atoms with Crippen LogP contribution in [0.3, 0.4) is 0 Å². The SMILES string of the molecule is Cc1ccc(S(=O)(=O)N(CC(=O)N2CCN(C=O)CC2)c2ccc(Cl)cc2)cc1. The van der Waals surface area contributed by atoms with Crippen LogP contribution in [0.25, 0.3) is 0 Å². The summed E-state index contributed by atoms with van der Waals surface area (Å²) in [5.74, 6) is -0.318. The third-order valence-corrected chi connectivity index (χ3v) is 6.86. The number of halogens is 1. The fourth-order valence-corrected chi connectivity index (χ4v) is 4.60. The molecule has 0 unspecified atom stereocenters. The number of anilines is 1. The summed E-state index contributed by atoms with van der Waals surface area (Å²) in [4.78, 5) is 27.0. The lowest BCUT2D eigenvalue weighted by Gasteiger charge is -2.34. The minimum atomic E-state index is -3.96. The quantitative estimate of drug-likeness (QED) is 0.651. The zero-order chi connectivity index (χ0) is 21.0. The zero-order valence-corrected chi connectivity index (χ0v) is 17.6. The Morgan fingerprint density at radius 2 is 1.62 bits per heavy atom. The average Bonchev–Trinajstić information content (AvgIpc) is 2.73. The first kappa shape index (κ1) is 21.1. The number of rotatable bonds is 6. The van der Waals surface area contributed by atoms with Gasteiger partial charge in [-0.25, -0.2) is 8.42 Å². The number of aryl methyl sites for hydroxylation is 1. The van der Waals surface area contributed by atoms with Crippen LogP contribution in [0.5, 0.6) is 0 Å². The van der Waals surface area contributed by atoms with Gasteiger partial charge in [0.1, 0.15) is 6.54 Å². The molecule has 7 nitrogen and oxygen atoms in total. The summed E-state index contributed by atoms with van der Waals surface area (Å²) in [6.45, 7) is 3.14. The van der Waals surface area contributed by atoms with E-state index in [0.717, 1.165) is 16.3 Å². The summed E-state index contributed by atoms with van der Waals surface area (Å²) in [5, 5.41) is 0.470. The monoisotopic (exact) mass is 435 g/mol. The molecule has 29 heavy (non-hydrogen) atoms. The highest BCUT2D eigenvalue weighted by atomic mass is 35.5. The van der Waals surface area contributed by atoms with E-state index in [2.05, 4.69) is 0 Å². The van der Waals surface area contributed by atoms with Gasteiger partial charge in [-0.1, -0.05) is 29.3 Å². The number of amides is 2. The van der Waals surface area contributed by atoms with E-state index in [1.54, 1.807) is 46.2 Å². The molecule has 1 saturated heterocycles. The first-order valence-corrected chi connectivity index (χ1v) is 10.9. The first-order valence-electron chi connectivity index (χ1n) is 9.13. The molecule has 2 aromatic rings. The van der Waals surface area contributed by atoms with Crippen molar-refractivity contribution in [2.75, 3.05) is 37.0 Å². The second-order valence-electron chi connectivity index (χ2n) is 6.82. The van der Waals surface area contributed by atoms with Crippen LogP contribution in [0.15, 0.2) is 53.4 Å². The van der Waals surface area contributed by atoms with E-state index < -0.39 is 10.0 Å². The van der Waals surface area contributed by atoms with E-state index in [9.17, 15) is 18.0 Å². The molecule has 0 bridgehead atoms. The Bertz CT molecular complexity index is 970. The van der Waals surface area contributed by atoms with Gasteiger partial charge in [-0.3, -0.25) is 13.9 Å². The van der Waals surface area contributed by atoms with E-state index in [0.29, 0.717) is 36.9 Å². The molecule has 1 heterocycles. The lowest BCUT2D eigenvalue weighted by molar-refractivity contribution is -0.133. The molecule has 154 valence electrons. The number of piperazine rings is 1. The average molecular weight is 436 g/mol. The topological polar surface area (TPSA) is 78.0 Å². The maximum absolute atomic E-state index is 13.3. The summed E-state index contributed by atoms with van der Waals surface area (Å²) in [7, 11) is -3.96. The van der Waals surface area contributed by atoms with E-state index in [-0.39, 0.29) is 17.3 Å². The fourth-order valence-electron chi connectivity index (χ4n) is 3.06. The highest BCUT2D eigenvalue weighted by Crippen LogP contribution is 2.25. The first-order chi connectivity index (χ1) is 13.8. The summed E-state index contributed by atoms with van der Waals surface area (Å²) in [6.07, 6.45) is 0.754. The zero-order valence-electron chi connectivity index (χ0n) is 16.0. The molecule has 9 heteroatoms. The largest absolute Gasteiger partial charge is 0.342 e. The lowest BCUT2D eigenvalue weighted by atomic mass is 10.2. The van der Waals surface area contributed by atoms with E-state index in [1.165, 1.54) is 12.1 Å². The van der Waals surface area contributed by atoms with E-state index >= 15 is 0 Å². The highest BCUT2D eigenvalue weighted by Gasteiger charge is 2.30. The van der Waals surface area contributed by atoms with Gasteiger partial charge in [-0.2, -0.15) is 0 Å². The summed E-state index contributed by atoms with van der Waals surface area (Å²) in [5.41, 5.74) is 1.29. The van der Waals surface area contributed by atoms with Crippen molar-refractivity contribution in [3.05, 3.63) is 59.1 Å². The van der Waals surface area contributed by atoms with Gasteiger partial charge in [0.25, 0.3) is 10.0 Å². The molecule has 0 radical (unpaired) electrons. The standard InChI is InChI=1S/C20H22ClN3O4S/c1-16-2-8-19(9-3-16)29(27,28)24(18-6-4-17(21)5-7-18)14-20(26)23-12-10-22(15-25)11-13-23/h2-9,15H,10-14H2,1H3. The molecule has 0 spiro atoms. The molecule has 0 aliphatic carbocycles. The molecular formula is C20H22ClN3O4S. The van der Waals surface area contributed by atoms with Crippen molar-refractivity contribution in [3.63, 3.8) is 0 Å². The molecule has 0 aromatic heterocycles. The van der Waals surface area contributed by atoms with Crippen LogP contribution >= 0.6 is 11.6 Å². The van der Waals surface area contributed by atoms with Crippen LogP contribution in [-0.4, -0.2) is 63.3 Å². The second-order valence-corrected chi connectivity index (χ2v) is 9.12. The summed E-state index contributed by atoms with van der Waals surface area (Å²) >= 11 is 5.94. The minimum absolute atomic E-state index is 0.108. The molecule has 1 fully saturated rings. The van der Waals surface area contributed by atoms with Gasteiger partial charge in [0.2, 0.25) is 12.3 Å². The van der Waals surface area contributed by atoms with Crippen molar-refractivity contribution in [1.82, 2.24) is 9.80 Å². The van der Waals surface area contributed by atoms with Crippen molar-refractivity contribution in [2.24, 2.45) is 0 Å². The van der Waals surface area contributed by atoms with Crippen molar-refractivity contribution in [2.45, 2.75) is 11.8 Å². The number of carbonyl (C=O) groups excluding carboxylic acids is 2. The van der Waals surface area contributed by atoms with Gasteiger partial charge in [0.15, 0.2) is 0 Å². The van der Waals surface area contributed by atoms with Gasteiger partial charge in [0, 0.05) is 31.2 Å². The number of hydrogen-bond donors (Lipinski definition) is 0. The Labute approximate surface area is 175 Å². The number of carbonyl (C=O) groups is 2. The normalized spacial score (nSPS) is 14.6. The number of sulfonamides is 1. The minimum Gasteiger partial charge on any atom is -0.342 e. The predicted molar refractivity (Wildman–Crippen MR) is 111 cm³/mol. The van der Waals surface area contributed by atoms with Crippen molar-refractivity contribution in [3.8, 4) is 0 Å². The van der Waals surface area contributed by atoms with Crippen LogP contribution in [0, 0.1) is 6.92 Å². The highest BCUT2D eigenvalue weighted by molar-refractivity contribution is 7.92. The van der Waals surface area contributed by atoms with Gasteiger partial charge >= 0.3 is 0 Å². The summed E-state index contributed by atoms with van der Waals surface area (Å²) in [6, 6.07) is 12.8. The second kappa shape index (κ2) is 8.84. The molecule has 2 aromatic carbocycles. The number of nitrogens with zero attached hydrogens (tertiary/aromatic N) is 3. The van der Waals surface area contributed by atoms with Crippen LogP contribution in [0.1, 0.15) is 5.56 Å². The van der Waals surface area contributed by atoms with Crippen LogP contribution in [-0.2, 0) is 19.6 Å². The Hall–Kier alpha value is -2.58. The molecular weight excluding hydrogens is 414 g/mol. The van der Waals surface area contributed by atoms with E-state index in [4.69, 9.17) is 11.6 Å². The number of hydrogen-bond acceptors (Lipinski definition) is 4. The molecule has 0 saturated carbocycles. The Morgan fingerprint density at radius 1 is 1.03 bits per heavy atom. The molecule has 3 rings (SSSR count). The van der Waals surface area contributed by atoms with Crippen LogP contribution in [0.2, 0.25) is 5.02 Å². The Balaban J connectivity index is 1.89. The lowest BCUT2D eigenvalue weighted by Crippen LogP contribution is -2.51. The molecule has 0 atom stereocenters. The molecule has 1 aliphatic rings. The van der Waals surface area contributed by atoms with Gasteiger partial charge < -0.3 is 9.80 Å². The smallest absolute Gasteiger partial charge is 0.264 e. The van der Waals surface area contributed by atoms with Crippen LogP contribution in [0.4, 0.5) is 5.69 Å². The Kier molecular flexibility index (Phi) is 6.44. The molecule has 1 aliphatic heterocycles. The van der Waals surface area contributed by atoms with E-state index in [1.807, 2.05) is 6.92 Å². The fraction of sp³-hybridized carbons (Fsp3) is 0.300. The van der Waals surface area contributed by atoms with Crippen molar-refractivity contribution >= 4 is 39.6 Å². The third kappa shape index (κ3) is 4.89. The van der Waals surface area contributed by atoms with Crippen molar-refractivity contribution < 1.29 is 18.0 Å². The van der Waals surface area contributed by atoms with Crippen molar-refractivity contribution in [1.29, 1.82) is 0 Å². The van der Waals surface area contributed by atoms with Gasteiger partial charge in [0.05, 0.1) is 10.6 Å². The summed E-state index contributed by atoms with van der Waals surface area (Å²) < 4.78 is 27.7. The third-order valence-electron chi connectivity index (χ3n) is 4.82. The maximum atomic E-state index is 13.3. The predicted octanol–water partition coefficient (Wildman–Crippen LogP) is 2.14. The van der Waals surface area contributed by atoms with Crippen LogP contribution < -0.4 is 4.31 Å². The number of benzene rings is 2.